The van der Waals surface area contributed by atoms with Crippen LogP contribution in [-0.2, 0) is 6.54 Å². The smallest absolute Gasteiger partial charge is 0.339 e. The molecule has 0 saturated heterocycles. The Balaban J connectivity index is 2.10. The van der Waals surface area contributed by atoms with E-state index in [1.165, 1.54) is 23.7 Å². The highest BCUT2D eigenvalue weighted by Crippen LogP contribution is 2.17. The molecule has 2 rings (SSSR count). The maximum Gasteiger partial charge on any atom is 0.339 e. The molecule has 0 amide bonds. The SMILES string of the molecule is Cc1ccccc1[C@@H](C)NCc1ncncc1C(=O)O. The second-order valence-corrected chi connectivity index (χ2v) is 4.65. The summed E-state index contributed by atoms with van der Waals surface area (Å²) in [6.45, 7) is 4.49. The van der Waals surface area contributed by atoms with Gasteiger partial charge in [-0.1, -0.05) is 24.3 Å². The van der Waals surface area contributed by atoms with E-state index in [9.17, 15) is 4.79 Å². The van der Waals surface area contributed by atoms with Crippen LogP contribution in [0.4, 0.5) is 0 Å². The van der Waals surface area contributed by atoms with Crippen molar-refractivity contribution in [1.29, 1.82) is 0 Å². The highest BCUT2D eigenvalue weighted by atomic mass is 16.4. The van der Waals surface area contributed by atoms with Gasteiger partial charge in [0, 0.05) is 18.8 Å². The molecule has 1 aromatic heterocycles. The highest BCUT2D eigenvalue weighted by molar-refractivity contribution is 5.88. The third-order valence-electron chi connectivity index (χ3n) is 3.26. The Kier molecular flexibility index (Phi) is 4.42. The molecule has 0 radical (unpaired) electrons. The number of aromatic carboxylic acids is 1. The number of rotatable bonds is 5. The van der Waals surface area contributed by atoms with E-state index in [-0.39, 0.29) is 11.6 Å². The fraction of sp³-hybridized carbons (Fsp3) is 0.267. The molecule has 1 aromatic carbocycles. The topological polar surface area (TPSA) is 75.1 Å². The van der Waals surface area contributed by atoms with E-state index in [1.54, 1.807) is 0 Å². The summed E-state index contributed by atoms with van der Waals surface area (Å²) in [5.74, 6) is -1.01. The molecular weight excluding hydrogens is 254 g/mol. The maximum atomic E-state index is 11.1. The van der Waals surface area contributed by atoms with E-state index in [0.29, 0.717) is 12.2 Å². The molecule has 2 N–H and O–H groups in total. The number of aromatic nitrogens is 2. The normalized spacial score (nSPS) is 12.1. The molecule has 0 aliphatic carbocycles. The van der Waals surface area contributed by atoms with E-state index in [0.717, 1.165) is 0 Å². The summed E-state index contributed by atoms with van der Waals surface area (Å²) in [5.41, 5.74) is 3.02. The number of aryl methyl sites for hydroxylation is 1. The van der Waals surface area contributed by atoms with Crippen molar-refractivity contribution in [3.05, 3.63) is 59.2 Å². The minimum atomic E-state index is -1.01. The van der Waals surface area contributed by atoms with E-state index in [4.69, 9.17) is 5.11 Å². The Morgan fingerprint density at radius 1 is 1.40 bits per heavy atom. The fourth-order valence-electron chi connectivity index (χ4n) is 2.11. The molecule has 2 aromatic rings. The molecule has 0 fully saturated rings. The summed E-state index contributed by atoms with van der Waals surface area (Å²) in [6.07, 6.45) is 2.69. The van der Waals surface area contributed by atoms with Gasteiger partial charge in [0.05, 0.1) is 5.69 Å². The van der Waals surface area contributed by atoms with Gasteiger partial charge in [-0.3, -0.25) is 0 Å². The van der Waals surface area contributed by atoms with E-state index in [2.05, 4.69) is 34.3 Å². The average Bonchev–Trinajstić information content (AvgIpc) is 2.45. The quantitative estimate of drug-likeness (QED) is 0.873. The Labute approximate surface area is 117 Å². The van der Waals surface area contributed by atoms with Crippen LogP contribution >= 0.6 is 0 Å². The van der Waals surface area contributed by atoms with Crippen molar-refractivity contribution in [2.24, 2.45) is 0 Å². The zero-order valence-electron chi connectivity index (χ0n) is 11.5. The van der Waals surface area contributed by atoms with E-state index in [1.807, 2.05) is 19.1 Å². The summed E-state index contributed by atoms with van der Waals surface area (Å²) >= 11 is 0. The van der Waals surface area contributed by atoms with Gasteiger partial charge in [0.15, 0.2) is 0 Å². The lowest BCUT2D eigenvalue weighted by atomic mass is 10.0. The summed E-state index contributed by atoms with van der Waals surface area (Å²) in [7, 11) is 0. The van der Waals surface area contributed by atoms with Crippen LogP contribution < -0.4 is 5.32 Å². The molecule has 0 bridgehead atoms. The van der Waals surface area contributed by atoms with Gasteiger partial charge < -0.3 is 10.4 Å². The molecule has 0 aliphatic rings. The zero-order chi connectivity index (χ0) is 14.5. The Morgan fingerprint density at radius 2 is 2.15 bits per heavy atom. The molecule has 5 nitrogen and oxygen atoms in total. The van der Waals surface area contributed by atoms with Crippen LogP contribution in [0.1, 0.15) is 40.1 Å². The van der Waals surface area contributed by atoms with Gasteiger partial charge >= 0.3 is 5.97 Å². The van der Waals surface area contributed by atoms with Crippen LogP contribution in [0.15, 0.2) is 36.8 Å². The standard InChI is InChI=1S/C15H17N3O2/c1-10-5-3-4-6-12(10)11(2)17-8-14-13(15(19)20)7-16-9-18-14/h3-7,9,11,17H,8H2,1-2H3,(H,19,20)/t11-/m1/s1. The van der Waals surface area contributed by atoms with Crippen LogP contribution in [0, 0.1) is 6.92 Å². The predicted molar refractivity (Wildman–Crippen MR) is 75.4 cm³/mol. The number of benzene rings is 1. The number of carboxylic acid groups (broad SMARTS) is 1. The van der Waals surface area contributed by atoms with Gasteiger partial charge in [-0.2, -0.15) is 0 Å². The van der Waals surface area contributed by atoms with Crippen LogP contribution in [0.3, 0.4) is 0 Å². The second kappa shape index (κ2) is 6.25. The first-order chi connectivity index (χ1) is 9.59. The summed E-state index contributed by atoms with van der Waals surface area (Å²) in [6, 6.07) is 8.23. The molecule has 1 heterocycles. The number of hydrogen-bond donors (Lipinski definition) is 2. The summed E-state index contributed by atoms with van der Waals surface area (Å²) in [5, 5.41) is 12.4. The van der Waals surface area contributed by atoms with Crippen LogP contribution in [0.25, 0.3) is 0 Å². The molecule has 5 heteroatoms. The highest BCUT2D eigenvalue weighted by Gasteiger charge is 2.13. The lowest BCUT2D eigenvalue weighted by Crippen LogP contribution is -2.21. The minimum absolute atomic E-state index is 0.118. The second-order valence-electron chi connectivity index (χ2n) is 4.65. The van der Waals surface area contributed by atoms with Gasteiger partial charge in [0.25, 0.3) is 0 Å². The van der Waals surface area contributed by atoms with Crippen molar-refractivity contribution in [1.82, 2.24) is 15.3 Å². The van der Waals surface area contributed by atoms with Gasteiger partial charge in [0.1, 0.15) is 11.9 Å². The Morgan fingerprint density at radius 3 is 2.85 bits per heavy atom. The van der Waals surface area contributed by atoms with Crippen LogP contribution in [0.5, 0.6) is 0 Å². The van der Waals surface area contributed by atoms with Gasteiger partial charge in [-0.15, -0.1) is 0 Å². The molecular formula is C15H17N3O2. The molecule has 0 unspecified atom stereocenters. The number of hydrogen-bond acceptors (Lipinski definition) is 4. The number of nitrogens with zero attached hydrogens (tertiary/aromatic N) is 2. The molecule has 104 valence electrons. The van der Waals surface area contributed by atoms with Crippen molar-refractivity contribution in [3.63, 3.8) is 0 Å². The Bertz CT molecular complexity index is 614. The first kappa shape index (κ1) is 14.1. The van der Waals surface area contributed by atoms with Crippen molar-refractivity contribution in [2.75, 3.05) is 0 Å². The van der Waals surface area contributed by atoms with Crippen molar-refractivity contribution >= 4 is 5.97 Å². The minimum Gasteiger partial charge on any atom is -0.478 e. The molecule has 0 saturated carbocycles. The van der Waals surface area contributed by atoms with Crippen molar-refractivity contribution in [3.8, 4) is 0 Å². The van der Waals surface area contributed by atoms with Gasteiger partial charge in [0.2, 0.25) is 0 Å². The summed E-state index contributed by atoms with van der Waals surface area (Å²) in [4.78, 5) is 18.9. The lowest BCUT2D eigenvalue weighted by Gasteiger charge is -2.16. The average molecular weight is 271 g/mol. The van der Waals surface area contributed by atoms with Crippen molar-refractivity contribution in [2.45, 2.75) is 26.4 Å². The summed E-state index contributed by atoms with van der Waals surface area (Å²) < 4.78 is 0. The number of carbonyl (C=O) groups is 1. The molecule has 1 atom stereocenters. The van der Waals surface area contributed by atoms with E-state index < -0.39 is 5.97 Å². The maximum absolute atomic E-state index is 11.1. The van der Waals surface area contributed by atoms with E-state index >= 15 is 0 Å². The van der Waals surface area contributed by atoms with Crippen LogP contribution in [-0.4, -0.2) is 21.0 Å². The first-order valence-electron chi connectivity index (χ1n) is 6.40. The largest absolute Gasteiger partial charge is 0.478 e. The zero-order valence-corrected chi connectivity index (χ0v) is 11.5. The predicted octanol–water partition coefficient (Wildman–Crippen LogP) is 2.33. The van der Waals surface area contributed by atoms with Gasteiger partial charge in [-0.25, -0.2) is 14.8 Å². The first-order valence-corrected chi connectivity index (χ1v) is 6.40. The lowest BCUT2D eigenvalue weighted by molar-refractivity contribution is 0.0694. The Hall–Kier alpha value is -2.27. The monoisotopic (exact) mass is 271 g/mol. The third kappa shape index (κ3) is 3.19. The molecule has 0 spiro atoms. The molecule has 20 heavy (non-hydrogen) atoms. The number of nitrogens with one attached hydrogen (secondary N) is 1. The molecule has 0 aliphatic heterocycles. The third-order valence-corrected chi connectivity index (χ3v) is 3.26. The fourth-order valence-corrected chi connectivity index (χ4v) is 2.11. The van der Waals surface area contributed by atoms with Crippen LogP contribution in [0.2, 0.25) is 0 Å². The van der Waals surface area contributed by atoms with Gasteiger partial charge in [-0.05, 0) is 25.0 Å². The number of carboxylic acids is 1. The van der Waals surface area contributed by atoms with Crippen molar-refractivity contribution < 1.29 is 9.90 Å².